The molecule has 1 heterocycles. The summed E-state index contributed by atoms with van der Waals surface area (Å²) >= 11 is 0. The molecule has 0 radical (unpaired) electrons. The molecule has 14 heavy (non-hydrogen) atoms. The van der Waals surface area contributed by atoms with Gasteiger partial charge in [-0.2, -0.15) is 0 Å². The van der Waals surface area contributed by atoms with Crippen LogP contribution in [0.2, 0.25) is 0 Å². The Labute approximate surface area is 83.6 Å². The molecule has 2 rings (SSSR count). The van der Waals surface area contributed by atoms with Gasteiger partial charge in [0, 0.05) is 19.0 Å². The first kappa shape index (κ1) is 9.49. The molecule has 1 saturated heterocycles. The summed E-state index contributed by atoms with van der Waals surface area (Å²) in [6.45, 7) is 3.65. The van der Waals surface area contributed by atoms with E-state index < -0.39 is 0 Å². The average Bonchev–Trinajstić information content (AvgIpc) is 2.95. The Morgan fingerprint density at radius 2 is 2.43 bits per heavy atom. The van der Waals surface area contributed by atoms with Crippen molar-refractivity contribution >= 4 is 11.8 Å². The number of hydrogen-bond acceptors (Lipinski definition) is 2. The maximum atomic E-state index is 11.8. The Bertz CT molecular complexity index is 265. The zero-order chi connectivity index (χ0) is 10.1. The fourth-order valence-corrected chi connectivity index (χ4v) is 2.06. The largest absolute Gasteiger partial charge is 0.353 e. The Kier molecular flexibility index (Phi) is 2.44. The number of nitrogens with zero attached hydrogens (tertiary/aromatic N) is 1. The van der Waals surface area contributed by atoms with Crippen molar-refractivity contribution in [3.8, 4) is 0 Å². The van der Waals surface area contributed by atoms with Gasteiger partial charge >= 0.3 is 0 Å². The van der Waals surface area contributed by atoms with E-state index >= 15 is 0 Å². The number of rotatable bonds is 2. The first-order valence-electron chi connectivity index (χ1n) is 5.28. The molecule has 2 atom stereocenters. The van der Waals surface area contributed by atoms with Crippen molar-refractivity contribution in [1.82, 2.24) is 10.2 Å². The highest BCUT2D eigenvalue weighted by Crippen LogP contribution is 2.42. The molecule has 2 amide bonds. The van der Waals surface area contributed by atoms with Gasteiger partial charge in [-0.25, -0.2) is 0 Å². The van der Waals surface area contributed by atoms with Gasteiger partial charge in [-0.15, -0.1) is 0 Å². The highest BCUT2D eigenvalue weighted by atomic mass is 16.2. The Morgan fingerprint density at radius 3 is 3.00 bits per heavy atom. The molecule has 0 aromatic carbocycles. The minimum atomic E-state index is -0.0294. The second-order valence-corrected chi connectivity index (χ2v) is 4.12. The first-order valence-corrected chi connectivity index (χ1v) is 5.28. The SMILES string of the molecule is CC[C@@H]1C[C@H]1C(=O)N1CCNC(=O)C1. The van der Waals surface area contributed by atoms with Crippen LogP contribution in [0.1, 0.15) is 19.8 Å². The Balaban J connectivity index is 1.88. The molecule has 1 N–H and O–H groups in total. The van der Waals surface area contributed by atoms with Crippen molar-refractivity contribution in [2.75, 3.05) is 19.6 Å². The fourth-order valence-electron chi connectivity index (χ4n) is 2.06. The standard InChI is InChI=1S/C10H16N2O2/c1-2-7-5-8(7)10(14)12-4-3-11-9(13)6-12/h7-8H,2-6H2,1H3,(H,11,13)/t7-,8-/m1/s1. The number of amides is 2. The number of hydrogen-bond donors (Lipinski definition) is 1. The molecule has 0 unspecified atom stereocenters. The number of carbonyl (C=O) groups excluding carboxylic acids is 2. The van der Waals surface area contributed by atoms with Gasteiger partial charge in [-0.1, -0.05) is 13.3 Å². The van der Waals surface area contributed by atoms with Gasteiger partial charge < -0.3 is 10.2 Å². The third-order valence-electron chi connectivity index (χ3n) is 3.11. The van der Waals surface area contributed by atoms with E-state index in [-0.39, 0.29) is 24.3 Å². The van der Waals surface area contributed by atoms with Crippen molar-refractivity contribution < 1.29 is 9.59 Å². The number of nitrogens with one attached hydrogen (secondary N) is 1. The van der Waals surface area contributed by atoms with Gasteiger partial charge in [0.25, 0.3) is 0 Å². The molecule has 1 aliphatic heterocycles. The predicted octanol–water partition coefficient (Wildman–Crippen LogP) is -0.00910. The lowest BCUT2D eigenvalue weighted by molar-refractivity contribution is -0.139. The van der Waals surface area contributed by atoms with Crippen molar-refractivity contribution in [3.05, 3.63) is 0 Å². The molecule has 2 aliphatic rings. The summed E-state index contributed by atoms with van der Waals surface area (Å²) in [5.74, 6) is 0.948. The van der Waals surface area contributed by atoms with E-state index in [0.29, 0.717) is 19.0 Å². The highest BCUT2D eigenvalue weighted by Gasteiger charge is 2.43. The number of carbonyl (C=O) groups is 2. The molecule has 1 saturated carbocycles. The summed E-state index contributed by atoms with van der Waals surface area (Å²) in [7, 11) is 0. The smallest absolute Gasteiger partial charge is 0.239 e. The summed E-state index contributed by atoms with van der Waals surface area (Å²) in [6.07, 6.45) is 2.10. The predicted molar refractivity (Wildman–Crippen MR) is 51.5 cm³/mol. The quantitative estimate of drug-likeness (QED) is 0.675. The average molecular weight is 196 g/mol. The molecular formula is C10H16N2O2. The van der Waals surface area contributed by atoms with E-state index in [4.69, 9.17) is 0 Å². The number of piperazine rings is 1. The van der Waals surface area contributed by atoms with E-state index in [1.165, 1.54) is 0 Å². The molecule has 0 aromatic heterocycles. The van der Waals surface area contributed by atoms with Crippen LogP contribution in [0.3, 0.4) is 0 Å². The minimum Gasteiger partial charge on any atom is -0.353 e. The van der Waals surface area contributed by atoms with Crippen LogP contribution >= 0.6 is 0 Å². The van der Waals surface area contributed by atoms with Crippen molar-refractivity contribution in [1.29, 1.82) is 0 Å². The monoisotopic (exact) mass is 196 g/mol. The van der Waals surface area contributed by atoms with E-state index in [0.717, 1.165) is 12.8 Å². The third kappa shape index (κ3) is 1.74. The van der Waals surface area contributed by atoms with Crippen LogP contribution in [0, 0.1) is 11.8 Å². The zero-order valence-corrected chi connectivity index (χ0v) is 8.45. The normalized spacial score (nSPS) is 31.2. The van der Waals surface area contributed by atoms with Crippen LogP contribution in [0.15, 0.2) is 0 Å². The van der Waals surface area contributed by atoms with E-state index in [1.807, 2.05) is 0 Å². The van der Waals surface area contributed by atoms with Crippen LogP contribution in [0.5, 0.6) is 0 Å². The van der Waals surface area contributed by atoms with Crippen molar-refractivity contribution in [2.24, 2.45) is 11.8 Å². The summed E-state index contributed by atoms with van der Waals surface area (Å²) in [6, 6.07) is 0. The maximum Gasteiger partial charge on any atom is 0.239 e. The van der Waals surface area contributed by atoms with Gasteiger partial charge in [0.1, 0.15) is 0 Å². The van der Waals surface area contributed by atoms with Gasteiger partial charge in [0.2, 0.25) is 11.8 Å². The van der Waals surface area contributed by atoms with Crippen LogP contribution in [0.4, 0.5) is 0 Å². The van der Waals surface area contributed by atoms with Gasteiger partial charge in [-0.3, -0.25) is 9.59 Å². The molecule has 0 aromatic rings. The molecule has 0 bridgehead atoms. The Morgan fingerprint density at radius 1 is 1.64 bits per heavy atom. The molecule has 2 fully saturated rings. The molecule has 4 heteroatoms. The lowest BCUT2D eigenvalue weighted by Gasteiger charge is -2.26. The van der Waals surface area contributed by atoms with Gasteiger partial charge in [-0.05, 0) is 12.3 Å². The third-order valence-corrected chi connectivity index (χ3v) is 3.11. The van der Waals surface area contributed by atoms with Gasteiger partial charge in [0.15, 0.2) is 0 Å². The summed E-state index contributed by atoms with van der Waals surface area (Å²) in [5.41, 5.74) is 0. The fraction of sp³-hybridized carbons (Fsp3) is 0.800. The second kappa shape index (κ2) is 3.59. The highest BCUT2D eigenvalue weighted by molar-refractivity contribution is 5.88. The summed E-state index contributed by atoms with van der Waals surface area (Å²) in [5, 5.41) is 2.72. The van der Waals surface area contributed by atoms with Crippen LogP contribution in [-0.4, -0.2) is 36.3 Å². The summed E-state index contributed by atoms with van der Waals surface area (Å²) < 4.78 is 0. The maximum absolute atomic E-state index is 11.8. The molecule has 4 nitrogen and oxygen atoms in total. The van der Waals surface area contributed by atoms with Crippen LogP contribution in [0.25, 0.3) is 0 Å². The van der Waals surface area contributed by atoms with Crippen LogP contribution in [-0.2, 0) is 9.59 Å². The summed E-state index contributed by atoms with van der Waals surface area (Å²) in [4.78, 5) is 24.6. The second-order valence-electron chi connectivity index (χ2n) is 4.12. The molecule has 0 spiro atoms. The minimum absolute atomic E-state index is 0.0294. The van der Waals surface area contributed by atoms with E-state index in [2.05, 4.69) is 12.2 Å². The van der Waals surface area contributed by atoms with E-state index in [1.54, 1.807) is 4.90 Å². The lowest BCUT2D eigenvalue weighted by atomic mass is 10.2. The lowest BCUT2D eigenvalue weighted by Crippen LogP contribution is -2.50. The molecular weight excluding hydrogens is 180 g/mol. The van der Waals surface area contributed by atoms with Crippen molar-refractivity contribution in [2.45, 2.75) is 19.8 Å². The zero-order valence-electron chi connectivity index (χ0n) is 8.45. The molecule has 1 aliphatic carbocycles. The van der Waals surface area contributed by atoms with Gasteiger partial charge in [0.05, 0.1) is 6.54 Å². The van der Waals surface area contributed by atoms with E-state index in [9.17, 15) is 9.59 Å². The Hall–Kier alpha value is -1.06. The molecule has 78 valence electrons. The first-order chi connectivity index (χ1) is 6.72. The topological polar surface area (TPSA) is 49.4 Å². The van der Waals surface area contributed by atoms with Crippen molar-refractivity contribution in [3.63, 3.8) is 0 Å². The van der Waals surface area contributed by atoms with Crippen LogP contribution < -0.4 is 5.32 Å².